The lowest BCUT2D eigenvalue weighted by atomic mass is 9.95. The molecule has 0 spiro atoms. The van der Waals surface area contributed by atoms with Crippen molar-refractivity contribution in [2.45, 2.75) is 59.0 Å². The van der Waals surface area contributed by atoms with Gasteiger partial charge in [0, 0.05) is 6.08 Å². The largest absolute Gasteiger partial charge is 0.478 e. The molecule has 0 amide bonds. The maximum atomic E-state index is 10.4. The van der Waals surface area contributed by atoms with Crippen molar-refractivity contribution < 1.29 is 15.0 Å². The van der Waals surface area contributed by atoms with Gasteiger partial charge in [-0.2, -0.15) is 0 Å². The SMILES string of the molecule is CC(=CC(=O)O)/C=C/CC(C)CCCC(C)(C)O. The van der Waals surface area contributed by atoms with Crippen LogP contribution in [0.15, 0.2) is 23.8 Å². The summed E-state index contributed by atoms with van der Waals surface area (Å²) >= 11 is 0. The van der Waals surface area contributed by atoms with Crippen molar-refractivity contribution in [2.24, 2.45) is 5.92 Å². The summed E-state index contributed by atoms with van der Waals surface area (Å²) in [4.78, 5) is 10.4. The van der Waals surface area contributed by atoms with Gasteiger partial charge in [0.15, 0.2) is 0 Å². The zero-order valence-electron chi connectivity index (χ0n) is 11.9. The molecule has 1 unspecified atom stereocenters. The summed E-state index contributed by atoms with van der Waals surface area (Å²) in [7, 11) is 0. The summed E-state index contributed by atoms with van der Waals surface area (Å²) in [6, 6.07) is 0. The molecule has 0 heterocycles. The Kier molecular flexibility index (Phi) is 7.60. The van der Waals surface area contributed by atoms with Crippen LogP contribution in [0, 0.1) is 5.92 Å². The predicted molar refractivity (Wildman–Crippen MR) is 74.5 cm³/mol. The van der Waals surface area contributed by atoms with E-state index in [1.54, 1.807) is 6.92 Å². The first-order chi connectivity index (χ1) is 8.20. The molecule has 0 rings (SSSR count). The lowest BCUT2D eigenvalue weighted by Gasteiger charge is -2.17. The molecule has 0 saturated heterocycles. The smallest absolute Gasteiger partial charge is 0.328 e. The highest BCUT2D eigenvalue weighted by Crippen LogP contribution is 2.18. The van der Waals surface area contributed by atoms with Gasteiger partial charge in [0.2, 0.25) is 0 Å². The van der Waals surface area contributed by atoms with E-state index in [9.17, 15) is 9.90 Å². The Morgan fingerprint density at radius 3 is 2.50 bits per heavy atom. The number of hydrogen-bond acceptors (Lipinski definition) is 2. The fraction of sp³-hybridized carbons (Fsp3) is 0.667. The number of carboxylic acids is 1. The maximum Gasteiger partial charge on any atom is 0.328 e. The zero-order valence-corrected chi connectivity index (χ0v) is 11.9. The molecule has 0 radical (unpaired) electrons. The van der Waals surface area contributed by atoms with E-state index in [0.29, 0.717) is 5.92 Å². The standard InChI is InChI=1S/C15H26O3/c1-12(9-6-10-15(3,4)18)7-5-8-13(2)11-14(16)17/h5,8,11-12,18H,6-7,9-10H2,1-4H3,(H,16,17)/b8-5+,13-11?. The van der Waals surface area contributed by atoms with E-state index in [2.05, 4.69) is 6.92 Å². The van der Waals surface area contributed by atoms with E-state index in [4.69, 9.17) is 5.11 Å². The van der Waals surface area contributed by atoms with E-state index < -0.39 is 11.6 Å². The average Bonchev–Trinajstić information content (AvgIpc) is 2.13. The van der Waals surface area contributed by atoms with Gasteiger partial charge in [0.25, 0.3) is 0 Å². The summed E-state index contributed by atoms with van der Waals surface area (Å²) < 4.78 is 0. The second-order valence-electron chi connectivity index (χ2n) is 5.67. The third-order valence-electron chi connectivity index (χ3n) is 2.76. The molecule has 0 aromatic rings. The molecule has 0 bridgehead atoms. The fourth-order valence-electron chi connectivity index (χ4n) is 1.73. The van der Waals surface area contributed by atoms with Gasteiger partial charge in [-0.1, -0.05) is 31.9 Å². The number of carboxylic acid groups (broad SMARTS) is 1. The molecular weight excluding hydrogens is 228 g/mol. The van der Waals surface area contributed by atoms with Crippen molar-refractivity contribution in [2.75, 3.05) is 0 Å². The number of rotatable bonds is 8. The Hall–Kier alpha value is -1.09. The molecule has 0 aromatic heterocycles. The van der Waals surface area contributed by atoms with Crippen molar-refractivity contribution in [3.05, 3.63) is 23.8 Å². The normalized spacial score (nSPS) is 15.1. The van der Waals surface area contributed by atoms with Gasteiger partial charge >= 0.3 is 5.97 Å². The van der Waals surface area contributed by atoms with Crippen LogP contribution in [0.3, 0.4) is 0 Å². The van der Waals surface area contributed by atoms with E-state index in [0.717, 1.165) is 31.3 Å². The molecule has 104 valence electrons. The number of aliphatic hydroxyl groups is 1. The van der Waals surface area contributed by atoms with E-state index >= 15 is 0 Å². The van der Waals surface area contributed by atoms with Gasteiger partial charge in [0.05, 0.1) is 5.60 Å². The Morgan fingerprint density at radius 2 is 2.00 bits per heavy atom. The van der Waals surface area contributed by atoms with Crippen LogP contribution in [0.2, 0.25) is 0 Å². The molecule has 0 aliphatic heterocycles. The first-order valence-corrected chi connectivity index (χ1v) is 6.51. The summed E-state index contributed by atoms with van der Waals surface area (Å²) in [5.74, 6) is -0.350. The first-order valence-electron chi connectivity index (χ1n) is 6.51. The van der Waals surface area contributed by atoms with Crippen molar-refractivity contribution in [1.82, 2.24) is 0 Å². The minimum absolute atomic E-state index is 0.557. The van der Waals surface area contributed by atoms with Gasteiger partial charge in [-0.25, -0.2) is 4.79 Å². The number of carbonyl (C=O) groups is 1. The predicted octanol–water partition coefficient (Wildman–Crippen LogP) is 3.54. The molecule has 0 aliphatic rings. The molecule has 3 nitrogen and oxygen atoms in total. The molecule has 18 heavy (non-hydrogen) atoms. The molecular formula is C15H26O3. The Labute approximate surface area is 110 Å². The Balaban J connectivity index is 3.87. The van der Waals surface area contributed by atoms with E-state index in [1.807, 2.05) is 26.0 Å². The number of hydrogen-bond donors (Lipinski definition) is 2. The number of allylic oxidation sites excluding steroid dienone is 3. The first kappa shape index (κ1) is 16.9. The van der Waals surface area contributed by atoms with Crippen LogP contribution in [0.5, 0.6) is 0 Å². The lowest BCUT2D eigenvalue weighted by Crippen LogP contribution is -2.18. The van der Waals surface area contributed by atoms with Crippen LogP contribution >= 0.6 is 0 Å². The topological polar surface area (TPSA) is 57.5 Å². The van der Waals surface area contributed by atoms with Crippen molar-refractivity contribution in [3.63, 3.8) is 0 Å². The highest BCUT2D eigenvalue weighted by Gasteiger charge is 2.12. The van der Waals surface area contributed by atoms with Crippen molar-refractivity contribution in [1.29, 1.82) is 0 Å². The van der Waals surface area contributed by atoms with Crippen LogP contribution in [0.4, 0.5) is 0 Å². The second kappa shape index (κ2) is 8.09. The summed E-state index contributed by atoms with van der Waals surface area (Å²) in [6.07, 6.45) is 8.92. The minimum Gasteiger partial charge on any atom is -0.478 e. The van der Waals surface area contributed by atoms with Crippen LogP contribution in [-0.2, 0) is 4.79 Å². The van der Waals surface area contributed by atoms with Crippen molar-refractivity contribution >= 4 is 5.97 Å². The molecule has 1 atom stereocenters. The van der Waals surface area contributed by atoms with Crippen LogP contribution in [0.25, 0.3) is 0 Å². The van der Waals surface area contributed by atoms with Gasteiger partial charge in [0.1, 0.15) is 0 Å². The van der Waals surface area contributed by atoms with E-state index in [-0.39, 0.29) is 0 Å². The quantitative estimate of drug-likeness (QED) is 0.514. The molecule has 3 heteroatoms. The minimum atomic E-state index is -0.907. The summed E-state index contributed by atoms with van der Waals surface area (Å²) in [5, 5.41) is 18.1. The summed E-state index contributed by atoms with van der Waals surface area (Å²) in [6.45, 7) is 7.61. The van der Waals surface area contributed by atoms with Crippen LogP contribution in [-0.4, -0.2) is 21.8 Å². The van der Waals surface area contributed by atoms with Crippen LogP contribution < -0.4 is 0 Å². The Morgan fingerprint density at radius 1 is 1.39 bits per heavy atom. The average molecular weight is 254 g/mol. The molecule has 0 fully saturated rings. The van der Waals surface area contributed by atoms with Gasteiger partial charge in [-0.15, -0.1) is 0 Å². The second-order valence-corrected chi connectivity index (χ2v) is 5.67. The maximum absolute atomic E-state index is 10.4. The Bertz CT molecular complexity index is 308. The van der Waals surface area contributed by atoms with Gasteiger partial charge in [-0.05, 0) is 45.1 Å². The third kappa shape index (κ3) is 11.4. The lowest BCUT2D eigenvalue weighted by molar-refractivity contribution is -0.131. The molecule has 0 saturated carbocycles. The molecule has 0 aromatic carbocycles. The third-order valence-corrected chi connectivity index (χ3v) is 2.76. The van der Waals surface area contributed by atoms with Crippen molar-refractivity contribution in [3.8, 4) is 0 Å². The van der Waals surface area contributed by atoms with Gasteiger partial charge < -0.3 is 10.2 Å². The highest BCUT2D eigenvalue weighted by atomic mass is 16.4. The molecule has 2 N–H and O–H groups in total. The van der Waals surface area contributed by atoms with E-state index in [1.165, 1.54) is 6.08 Å². The van der Waals surface area contributed by atoms with Gasteiger partial charge in [-0.3, -0.25) is 0 Å². The number of aliphatic carboxylic acids is 1. The fourth-order valence-corrected chi connectivity index (χ4v) is 1.73. The van der Waals surface area contributed by atoms with Crippen LogP contribution in [0.1, 0.15) is 53.4 Å². The summed E-state index contributed by atoms with van der Waals surface area (Å²) in [5.41, 5.74) is 0.183. The molecule has 0 aliphatic carbocycles. The highest BCUT2D eigenvalue weighted by molar-refractivity contribution is 5.81. The zero-order chi connectivity index (χ0) is 14.2. The monoisotopic (exact) mass is 254 g/mol.